The lowest BCUT2D eigenvalue weighted by Gasteiger charge is -2.17. The van der Waals surface area contributed by atoms with Gasteiger partial charge in [0.1, 0.15) is 5.82 Å². The maximum Gasteiger partial charge on any atom is 0.235 e. The summed E-state index contributed by atoms with van der Waals surface area (Å²) in [5.74, 6) is 0.573. The SMILES string of the molecule is COc1ccc(NC(=O)C2(c3ccccc3F)CC2)cc1OC. The quantitative estimate of drug-likeness (QED) is 0.918. The van der Waals surface area contributed by atoms with Gasteiger partial charge in [0.05, 0.1) is 19.6 Å². The number of benzene rings is 2. The summed E-state index contributed by atoms with van der Waals surface area (Å²) in [4.78, 5) is 12.7. The Labute approximate surface area is 134 Å². The molecule has 1 amide bonds. The Kier molecular flexibility index (Phi) is 3.94. The average Bonchev–Trinajstić information content (AvgIpc) is 3.37. The molecular weight excluding hydrogens is 297 g/mol. The minimum absolute atomic E-state index is 0.199. The van der Waals surface area contributed by atoms with Gasteiger partial charge in [-0.15, -0.1) is 0 Å². The first kappa shape index (κ1) is 15.3. The van der Waals surface area contributed by atoms with Gasteiger partial charge < -0.3 is 14.8 Å². The molecule has 120 valence electrons. The van der Waals surface area contributed by atoms with Crippen LogP contribution < -0.4 is 14.8 Å². The molecule has 1 N–H and O–H groups in total. The molecular formula is C18H18FNO3. The van der Waals surface area contributed by atoms with E-state index in [-0.39, 0.29) is 11.7 Å². The molecule has 1 fully saturated rings. The summed E-state index contributed by atoms with van der Waals surface area (Å²) in [6.07, 6.45) is 1.29. The van der Waals surface area contributed by atoms with Crippen LogP contribution in [0.25, 0.3) is 0 Å². The maximum atomic E-state index is 14.0. The molecule has 1 aliphatic carbocycles. The van der Waals surface area contributed by atoms with Gasteiger partial charge in [-0.25, -0.2) is 4.39 Å². The molecule has 0 bridgehead atoms. The van der Waals surface area contributed by atoms with E-state index in [0.29, 0.717) is 35.6 Å². The molecule has 0 aromatic heterocycles. The van der Waals surface area contributed by atoms with Crippen LogP contribution in [-0.4, -0.2) is 20.1 Å². The van der Waals surface area contributed by atoms with Gasteiger partial charge >= 0.3 is 0 Å². The fourth-order valence-corrected chi connectivity index (χ4v) is 2.76. The molecule has 0 radical (unpaired) electrons. The molecule has 0 aliphatic heterocycles. The first-order valence-electron chi connectivity index (χ1n) is 7.39. The summed E-state index contributed by atoms with van der Waals surface area (Å²) in [5, 5.41) is 2.86. The number of hydrogen-bond acceptors (Lipinski definition) is 3. The summed E-state index contributed by atoms with van der Waals surface area (Å²) in [7, 11) is 3.08. The number of nitrogens with one attached hydrogen (secondary N) is 1. The molecule has 2 aromatic rings. The van der Waals surface area contributed by atoms with Crippen LogP contribution >= 0.6 is 0 Å². The van der Waals surface area contributed by atoms with E-state index >= 15 is 0 Å². The van der Waals surface area contributed by atoms with Crippen LogP contribution in [0.15, 0.2) is 42.5 Å². The summed E-state index contributed by atoms with van der Waals surface area (Å²) in [6, 6.07) is 11.6. The number of ether oxygens (including phenoxy) is 2. The van der Waals surface area contributed by atoms with Crippen molar-refractivity contribution in [3.63, 3.8) is 0 Å². The summed E-state index contributed by atoms with van der Waals surface area (Å²) < 4.78 is 24.4. The predicted molar refractivity (Wildman–Crippen MR) is 85.5 cm³/mol. The fraction of sp³-hybridized carbons (Fsp3) is 0.278. The van der Waals surface area contributed by atoms with Crippen molar-refractivity contribution >= 4 is 11.6 Å². The highest BCUT2D eigenvalue weighted by Crippen LogP contribution is 2.50. The Balaban J connectivity index is 1.84. The highest BCUT2D eigenvalue weighted by Gasteiger charge is 2.52. The largest absolute Gasteiger partial charge is 0.493 e. The van der Waals surface area contributed by atoms with Crippen molar-refractivity contribution in [2.24, 2.45) is 0 Å². The molecule has 1 saturated carbocycles. The van der Waals surface area contributed by atoms with Crippen LogP contribution in [0.3, 0.4) is 0 Å². The zero-order chi connectivity index (χ0) is 16.4. The van der Waals surface area contributed by atoms with Gasteiger partial charge in [-0.2, -0.15) is 0 Å². The van der Waals surface area contributed by atoms with E-state index in [0.717, 1.165) is 0 Å². The number of carbonyl (C=O) groups excluding carboxylic acids is 1. The Morgan fingerprint density at radius 1 is 1.09 bits per heavy atom. The second-order valence-corrected chi connectivity index (χ2v) is 5.59. The molecule has 2 aromatic carbocycles. The third-order valence-electron chi connectivity index (χ3n) is 4.22. The Morgan fingerprint density at radius 3 is 2.39 bits per heavy atom. The summed E-state index contributed by atoms with van der Waals surface area (Å²) in [5.41, 5.74) is 0.284. The van der Waals surface area contributed by atoms with Crippen LogP contribution in [0.2, 0.25) is 0 Å². The number of hydrogen-bond donors (Lipinski definition) is 1. The molecule has 3 rings (SSSR count). The molecule has 4 nitrogen and oxygen atoms in total. The molecule has 23 heavy (non-hydrogen) atoms. The topological polar surface area (TPSA) is 47.6 Å². The van der Waals surface area contributed by atoms with Crippen molar-refractivity contribution in [1.29, 1.82) is 0 Å². The Hall–Kier alpha value is -2.56. The number of carbonyl (C=O) groups is 1. The Bertz CT molecular complexity index is 741. The first-order valence-corrected chi connectivity index (χ1v) is 7.39. The second kappa shape index (κ2) is 5.91. The minimum Gasteiger partial charge on any atom is -0.493 e. The van der Waals surface area contributed by atoms with Crippen molar-refractivity contribution in [2.75, 3.05) is 19.5 Å². The molecule has 0 spiro atoms. The van der Waals surface area contributed by atoms with Crippen molar-refractivity contribution in [3.05, 3.63) is 53.8 Å². The van der Waals surface area contributed by atoms with E-state index in [1.165, 1.54) is 13.2 Å². The normalized spacial score (nSPS) is 14.9. The maximum absolute atomic E-state index is 14.0. The van der Waals surface area contributed by atoms with Crippen molar-refractivity contribution in [1.82, 2.24) is 0 Å². The predicted octanol–water partition coefficient (Wildman–Crippen LogP) is 3.51. The number of halogens is 1. The van der Waals surface area contributed by atoms with E-state index in [2.05, 4.69) is 5.32 Å². The van der Waals surface area contributed by atoms with Crippen LogP contribution in [0.4, 0.5) is 10.1 Å². The minimum atomic E-state index is -0.765. The van der Waals surface area contributed by atoms with Crippen molar-refractivity contribution in [3.8, 4) is 11.5 Å². The Morgan fingerprint density at radius 2 is 1.78 bits per heavy atom. The zero-order valence-corrected chi connectivity index (χ0v) is 13.1. The van der Waals surface area contributed by atoms with Gasteiger partial charge in [0, 0.05) is 17.3 Å². The van der Waals surface area contributed by atoms with Crippen LogP contribution in [0.1, 0.15) is 18.4 Å². The highest BCUT2D eigenvalue weighted by atomic mass is 19.1. The zero-order valence-electron chi connectivity index (χ0n) is 13.1. The van der Waals surface area contributed by atoms with Gasteiger partial charge in [-0.3, -0.25) is 4.79 Å². The molecule has 5 heteroatoms. The first-order chi connectivity index (χ1) is 11.1. The van der Waals surface area contributed by atoms with Crippen molar-refractivity contribution in [2.45, 2.75) is 18.3 Å². The smallest absolute Gasteiger partial charge is 0.235 e. The highest BCUT2D eigenvalue weighted by molar-refractivity contribution is 6.01. The standard InChI is InChI=1S/C18H18FNO3/c1-22-15-8-7-12(11-16(15)23-2)20-17(21)18(9-10-18)13-5-3-4-6-14(13)19/h3-8,11H,9-10H2,1-2H3,(H,20,21). The van der Waals surface area contributed by atoms with E-state index in [1.54, 1.807) is 43.5 Å². The number of anilines is 1. The van der Waals surface area contributed by atoms with Crippen LogP contribution in [0.5, 0.6) is 11.5 Å². The van der Waals surface area contributed by atoms with Crippen LogP contribution in [0, 0.1) is 5.82 Å². The molecule has 0 unspecified atom stereocenters. The third-order valence-corrected chi connectivity index (χ3v) is 4.22. The third kappa shape index (κ3) is 2.74. The number of methoxy groups -OCH3 is 2. The van der Waals surface area contributed by atoms with Crippen molar-refractivity contribution < 1.29 is 18.7 Å². The number of amides is 1. The van der Waals surface area contributed by atoms with Gasteiger partial charge in [0.25, 0.3) is 0 Å². The van der Waals surface area contributed by atoms with E-state index in [4.69, 9.17) is 9.47 Å². The lowest BCUT2D eigenvalue weighted by atomic mass is 9.94. The summed E-state index contributed by atoms with van der Waals surface area (Å²) >= 11 is 0. The summed E-state index contributed by atoms with van der Waals surface area (Å²) in [6.45, 7) is 0. The van der Waals surface area contributed by atoms with Gasteiger partial charge in [0.2, 0.25) is 5.91 Å². The van der Waals surface area contributed by atoms with E-state index in [9.17, 15) is 9.18 Å². The van der Waals surface area contributed by atoms with E-state index in [1.807, 2.05) is 0 Å². The number of rotatable bonds is 5. The van der Waals surface area contributed by atoms with Gasteiger partial charge in [0.15, 0.2) is 11.5 Å². The molecule has 0 saturated heterocycles. The average molecular weight is 315 g/mol. The van der Waals surface area contributed by atoms with Gasteiger partial charge in [-0.05, 0) is 31.0 Å². The monoisotopic (exact) mass is 315 g/mol. The lowest BCUT2D eigenvalue weighted by molar-refractivity contribution is -0.118. The van der Waals surface area contributed by atoms with E-state index < -0.39 is 5.41 Å². The van der Waals surface area contributed by atoms with Gasteiger partial charge in [-0.1, -0.05) is 18.2 Å². The molecule has 1 aliphatic rings. The molecule has 0 atom stereocenters. The molecule has 0 heterocycles. The fourth-order valence-electron chi connectivity index (χ4n) is 2.76. The second-order valence-electron chi connectivity index (χ2n) is 5.59. The lowest BCUT2D eigenvalue weighted by Crippen LogP contribution is -2.28. The van der Waals surface area contributed by atoms with Crippen LogP contribution in [-0.2, 0) is 10.2 Å².